The quantitative estimate of drug-likeness (QED) is 0.529. The van der Waals surface area contributed by atoms with Gasteiger partial charge in [0.15, 0.2) is 11.5 Å². The molecule has 1 spiro atoms. The molecule has 0 saturated heterocycles. The van der Waals surface area contributed by atoms with Crippen LogP contribution in [0, 0.1) is 18.2 Å². The van der Waals surface area contributed by atoms with Gasteiger partial charge in [0.25, 0.3) is 5.92 Å². The Balaban J connectivity index is 1.34. The largest absolute Gasteiger partial charge is 0.489 e. The number of ether oxygens (including phenoxy) is 2. The first kappa shape index (κ1) is 20.6. The van der Waals surface area contributed by atoms with Crippen LogP contribution in [0.5, 0.6) is 11.5 Å². The van der Waals surface area contributed by atoms with E-state index in [4.69, 9.17) is 9.47 Å². The van der Waals surface area contributed by atoms with Crippen LogP contribution in [-0.2, 0) is 0 Å². The summed E-state index contributed by atoms with van der Waals surface area (Å²) in [5.74, 6) is -2.08. The maximum atomic E-state index is 15.2. The lowest BCUT2D eigenvalue weighted by atomic mass is 10.0. The van der Waals surface area contributed by atoms with Crippen molar-refractivity contribution in [1.29, 1.82) is 0 Å². The fraction of sp³-hybridized carbons (Fsp3) is 0.440. The van der Waals surface area contributed by atoms with Crippen LogP contribution in [0.3, 0.4) is 0 Å². The molecular weight excluding hydrogens is 431 g/mol. The molecule has 3 aromatic rings. The molecule has 2 aliphatic carbocycles. The van der Waals surface area contributed by atoms with Crippen molar-refractivity contribution in [3.05, 3.63) is 53.1 Å². The van der Waals surface area contributed by atoms with Gasteiger partial charge in [-0.05, 0) is 38.3 Å². The summed E-state index contributed by atoms with van der Waals surface area (Å²) in [4.78, 5) is 9.08. The Kier molecular flexibility index (Phi) is 4.35. The van der Waals surface area contributed by atoms with Gasteiger partial charge in [-0.25, -0.2) is 23.1 Å². The van der Waals surface area contributed by atoms with E-state index in [2.05, 4.69) is 15.3 Å². The Morgan fingerprint density at radius 1 is 1.09 bits per heavy atom. The molecule has 6 rings (SSSR count). The van der Waals surface area contributed by atoms with E-state index in [-0.39, 0.29) is 17.4 Å². The first-order chi connectivity index (χ1) is 15.7. The second kappa shape index (κ2) is 6.98. The highest BCUT2D eigenvalue weighted by Gasteiger charge is 2.58. The summed E-state index contributed by atoms with van der Waals surface area (Å²) in [7, 11) is 0. The zero-order valence-corrected chi connectivity index (χ0v) is 18.4. The van der Waals surface area contributed by atoms with Crippen LogP contribution in [-0.4, -0.2) is 29.1 Å². The SMILES string of the molecule is Cc1nc(N[C@H](C)c2cccc(C3CC3(F)F)c2F)c2cc3c(cc2n1)OCC1(CC1)CO3. The summed E-state index contributed by atoms with van der Waals surface area (Å²) in [6, 6.07) is 7.90. The molecule has 0 bridgehead atoms. The third-order valence-corrected chi connectivity index (χ3v) is 6.98. The molecule has 2 fully saturated rings. The van der Waals surface area contributed by atoms with Crippen molar-refractivity contribution >= 4 is 16.7 Å². The number of hydrogen-bond donors (Lipinski definition) is 1. The minimum atomic E-state index is -2.82. The van der Waals surface area contributed by atoms with E-state index < -0.39 is 23.7 Å². The third-order valence-electron chi connectivity index (χ3n) is 6.98. The molecule has 2 saturated carbocycles. The summed E-state index contributed by atoms with van der Waals surface area (Å²) < 4.78 is 54.4. The number of fused-ring (bicyclic) bond motifs is 2. The lowest BCUT2D eigenvalue weighted by molar-refractivity contribution is 0.111. The molecule has 8 heteroatoms. The second-order valence-corrected chi connectivity index (χ2v) is 9.65. The molecule has 33 heavy (non-hydrogen) atoms. The zero-order valence-electron chi connectivity index (χ0n) is 18.4. The summed E-state index contributed by atoms with van der Waals surface area (Å²) in [5.41, 5.74) is 1.20. The van der Waals surface area contributed by atoms with Gasteiger partial charge in [-0.15, -0.1) is 0 Å². The molecular formula is C25H24F3N3O2. The van der Waals surface area contributed by atoms with E-state index in [0.717, 1.165) is 18.2 Å². The molecule has 172 valence electrons. The second-order valence-electron chi connectivity index (χ2n) is 9.65. The zero-order chi connectivity index (χ0) is 23.0. The predicted molar refractivity (Wildman–Crippen MR) is 118 cm³/mol. The molecule has 2 aromatic carbocycles. The van der Waals surface area contributed by atoms with Crippen molar-refractivity contribution < 1.29 is 22.6 Å². The topological polar surface area (TPSA) is 56.3 Å². The van der Waals surface area contributed by atoms with Crippen molar-refractivity contribution in [1.82, 2.24) is 9.97 Å². The Bertz CT molecular complexity index is 1280. The summed E-state index contributed by atoms with van der Waals surface area (Å²) in [5, 5.41) is 3.99. The van der Waals surface area contributed by atoms with Gasteiger partial charge in [0.05, 0.1) is 30.7 Å². The molecule has 1 aromatic heterocycles. The van der Waals surface area contributed by atoms with Crippen LogP contribution in [0.25, 0.3) is 10.9 Å². The average Bonchev–Trinajstić information content (AvgIpc) is 3.68. The van der Waals surface area contributed by atoms with Crippen LogP contribution in [0.15, 0.2) is 30.3 Å². The number of anilines is 1. The molecule has 0 amide bonds. The Hall–Kier alpha value is -3.03. The monoisotopic (exact) mass is 455 g/mol. The predicted octanol–water partition coefficient (Wildman–Crippen LogP) is 5.92. The van der Waals surface area contributed by atoms with E-state index in [9.17, 15) is 8.78 Å². The number of alkyl halides is 2. The number of hydrogen-bond acceptors (Lipinski definition) is 5. The molecule has 5 nitrogen and oxygen atoms in total. The Morgan fingerprint density at radius 3 is 2.45 bits per heavy atom. The van der Waals surface area contributed by atoms with Crippen LogP contribution < -0.4 is 14.8 Å². The highest BCUT2D eigenvalue weighted by Crippen LogP contribution is 2.56. The maximum absolute atomic E-state index is 15.2. The van der Waals surface area contributed by atoms with Crippen molar-refractivity contribution in [3.63, 3.8) is 0 Å². The Labute approximate surface area is 189 Å². The molecule has 0 radical (unpaired) electrons. The van der Waals surface area contributed by atoms with E-state index in [1.54, 1.807) is 26.0 Å². The summed E-state index contributed by atoms with van der Waals surface area (Å²) in [6.45, 7) is 4.82. The minimum absolute atomic E-state index is 0.0692. The van der Waals surface area contributed by atoms with Crippen molar-refractivity contribution in [2.24, 2.45) is 5.41 Å². The highest BCUT2D eigenvalue weighted by atomic mass is 19.3. The van der Waals surface area contributed by atoms with Gasteiger partial charge in [-0.3, -0.25) is 0 Å². The standard InChI is InChI=1S/C25H24F3N3O2/c1-13(15-4-3-5-16(22(15)26)18-10-25(18,27)28)29-23-17-8-20-21(9-19(17)30-14(2)31-23)33-12-24(6-7-24)11-32-20/h3-5,8-9,13,18H,6-7,10-12H2,1-2H3,(H,29,30,31)/t13-,18?/m1/s1. The molecule has 1 N–H and O–H groups in total. The lowest BCUT2D eigenvalue weighted by Crippen LogP contribution is -2.17. The maximum Gasteiger partial charge on any atom is 0.256 e. The van der Waals surface area contributed by atoms with E-state index in [0.29, 0.717) is 47.4 Å². The van der Waals surface area contributed by atoms with Gasteiger partial charge in [0, 0.05) is 28.9 Å². The fourth-order valence-electron chi connectivity index (χ4n) is 4.56. The number of aryl methyl sites for hydroxylation is 1. The third kappa shape index (κ3) is 3.56. The molecule has 2 atom stereocenters. The van der Waals surface area contributed by atoms with Crippen molar-refractivity contribution in [3.8, 4) is 11.5 Å². The Morgan fingerprint density at radius 2 is 1.79 bits per heavy atom. The number of nitrogens with one attached hydrogen (secondary N) is 1. The van der Waals surface area contributed by atoms with Crippen LogP contribution in [0.4, 0.5) is 19.0 Å². The first-order valence-electron chi connectivity index (χ1n) is 11.3. The smallest absolute Gasteiger partial charge is 0.256 e. The van der Waals surface area contributed by atoms with Gasteiger partial charge in [0.1, 0.15) is 17.5 Å². The van der Waals surface area contributed by atoms with E-state index >= 15 is 4.39 Å². The number of halogens is 3. The first-order valence-corrected chi connectivity index (χ1v) is 11.3. The van der Waals surface area contributed by atoms with Crippen LogP contribution in [0.2, 0.25) is 0 Å². The van der Waals surface area contributed by atoms with Gasteiger partial charge < -0.3 is 14.8 Å². The minimum Gasteiger partial charge on any atom is -0.489 e. The van der Waals surface area contributed by atoms with Crippen molar-refractivity contribution in [2.75, 3.05) is 18.5 Å². The lowest BCUT2D eigenvalue weighted by Gasteiger charge is -2.19. The van der Waals surface area contributed by atoms with E-state index in [1.807, 2.05) is 12.1 Å². The fourth-order valence-corrected chi connectivity index (χ4v) is 4.56. The number of benzene rings is 2. The van der Waals surface area contributed by atoms with Crippen molar-refractivity contribution in [2.45, 2.75) is 51.0 Å². The van der Waals surface area contributed by atoms with Gasteiger partial charge >= 0.3 is 0 Å². The molecule has 1 aliphatic heterocycles. The normalized spacial score (nSPS) is 22.6. The number of aromatic nitrogens is 2. The van der Waals surface area contributed by atoms with Crippen LogP contribution >= 0.6 is 0 Å². The molecule has 2 heterocycles. The van der Waals surface area contributed by atoms with Crippen LogP contribution in [0.1, 0.15) is 55.1 Å². The molecule has 1 unspecified atom stereocenters. The number of rotatable bonds is 4. The van der Waals surface area contributed by atoms with Gasteiger partial charge in [-0.2, -0.15) is 0 Å². The average molecular weight is 455 g/mol. The highest BCUT2D eigenvalue weighted by molar-refractivity contribution is 5.92. The van der Waals surface area contributed by atoms with E-state index in [1.165, 1.54) is 6.07 Å². The molecule has 3 aliphatic rings. The van der Waals surface area contributed by atoms with Gasteiger partial charge in [-0.1, -0.05) is 18.2 Å². The summed E-state index contributed by atoms with van der Waals surface area (Å²) >= 11 is 0. The van der Waals surface area contributed by atoms with Gasteiger partial charge in [0.2, 0.25) is 0 Å². The summed E-state index contributed by atoms with van der Waals surface area (Å²) in [6.07, 6.45) is 1.89. The number of nitrogens with zero attached hydrogens (tertiary/aromatic N) is 2.